The molecule has 0 radical (unpaired) electrons. The zero-order valence-electron chi connectivity index (χ0n) is 12.9. The van der Waals surface area contributed by atoms with Crippen LogP contribution in [0.4, 0.5) is 27.7 Å². The van der Waals surface area contributed by atoms with Crippen molar-refractivity contribution in [3.8, 4) is 0 Å². The molecule has 0 bridgehead atoms. The molecule has 0 heterocycles. The predicted molar refractivity (Wildman–Crippen MR) is 77.9 cm³/mol. The van der Waals surface area contributed by atoms with Gasteiger partial charge in [0.2, 0.25) is 0 Å². The molecule has 0 aliphatic heterocycles. The Morgan fingerprint density at radius 2 is 1.64 bits per heavy atom. The zero-order chi connectivity index (χ0) is 16.9. The number of halogens is 5. The third-order valence-electron chi connectivity index (χ3n) is 4.05. The van der Waals surface area contributed by atoms with Crippen LogP contribution in [0.15, 0.2) is 6.07 Å². The van der Waals surface area contributed by atoms with Crippen LogP contribution in [0.25, 0.3) is 0 Å². The highest BCUT2D eigenvalue weighted by atomic mass is 28.4. The van der Waals surface area contributed by atoms with Crippen molar-refractivity contribution in [1.82, 2.24) is 0 Å². The van der Waals surface area contributed by atoms with E-state index in [0.29, 0.717) is 18.5 Å². The fraction of sp³-hybridized carbons (Fsp3) is 0.571. The summed E-state index contributed by atoms with van der Waals surface area (Å²) in [5.74, 6) is -7.32. The number of hydrogen-bond acceptors (Lipinski definition) is 2. The summed E-state index contributed by atoms with van der Waals surface area (Å²) in [4.78, 5) is 0. The van der Waals surface area contributed by atoms with Crippen LogP contribution in [0.5, 0.6) is 0 Å². The minimum atomic E-state index is -2.01. The molecule has 0 aliphatic rings. The fourth-order valence-corrected chi connectivity index (χ4v) is 5.18. The van der Waals surface area contributed by atoms with Gasteiger partial charge in [0.05, 0.1) is 6.54 Å². The van der Waals surface area contributed by atoms with Crippen molar-refractivity contribution in [2.24, 2.45) is 0 Å². The summed E-state index contributed by atoms with van der Waals surface area (Å²) in [6.45, 7) is 3.74. The van der Waals surface area contributed by atoms with E-state index in [1.54, 1.807) is 7.11 Å². The number of nitrogens with zero attached hydrogens (tertiary/aromatic N) is 1. The van der Waals surface area contributed by atoms with Gasteiger partial charge in [0.15, 0.2) is 31.6 Å². The summed E-state index contributed by atoms with van der Waals surface area (Å²) in [5.41, 5.74) is -0.936. The smallest absolute Gasteiger partial charge is 0.199 e. The molecule has 8 heteroatoms. The van der Waals surface area contributed by atoms with E-state index in [9.17, 15) is 22.0 Å². The molecule has 22 heavy (non-hydrogen) atoms. The lowest BCUT2D eigenvalue weighted by molar-refractivity contribution is 0.375. The first-order chi connectivity index (χ1) is 10.3. The summed E-state index contributed by atoms with van der Waals surface area (Å²) < 4.78 is 71.9. The van der Waals surface area contributed by atoms with Crippen LogP contribution in [0, 0.1) is 23.3 Å². The number of hydrogen-bond donors (Lipinski definition) is 0. The van der Waals surface area contributed by atoms with E-state index in [0.717, 1.165) is 12.1 Å². The summed E-state index contributed by atoms with van der Waals surface area (Å²) in [7, 11) is -0.303. The first-order valence-electron chi connectivity index (χ1n) is 7.13. The van der Waals surface area contributed by atoms with E-state index < -0.39 is 37.3 Å². The zero-order valence-corrected chi connectivity index (χ0v) is 13.9. The molecule has 0 spiro atoms. The van der Waals surface area contributed by atoms with Gasteiger partial charge in [0.1, 0.15) is 5.69 Å². The van der Waals surface area contributed by atoms with Crippen LogP contribution in [-0.4, -0.2) is 22.0 Å². The number of anilines is 1. The van der Waals surface area contributed by atoms with Crippen LogP contribution in [0.2, 0.25) is 18.1 Å². The van der Waals surface area contributed by atoms with Crippen molar-refractivity contribution in [3.63, 3.8) is 0 Å². The maximum atomic E-state index is 13.9. The Bertz CT molecular complexity index is 502. The molecule has 0 aliphatic carbocycles. The van der Waals surface area contributed by atoms with E-state index in [1.165, 1.54) is 0 Å². The molecule has 1 rings (SSSR count). The molecular weight excluding hydrogens is 321 g/mol. The largest absolute Gasteiger partial charge is 0.420 e. The van der Waals surface area contributed by atoms with Crippen molar-refractivity contribution in [2.75, 3.05) is 18.8 Å². The van der Waals surface area contributed by atoms with Gasteiger partial charge in [-0.25, -0.2) is 22.7 Å². The van der Waals surface area contributed by atoms with Crippen LogP contribution in [0.1, 0.15) is 20.3 Å². The van der Waals surface area contributed by atoms with Crippen molar-refractivity contribution in [3.05, 3.63) is 29.3 Å². The molecule has 2 nitrogen and oxygen atoms in total. The predicted octanol–water partition coefficient (Wildman–Crippen LogP) is 4.96. The lowest BCUT2D eigenvalue weighted by Gasteiger charge is -2.27. The van der Waals surface area contributed by atoms with Gasteiger partial charge in [-0.05, 0) is 24.6 Å². The summed E-state index contributed by atoms with van der Waals surface area (Å²) >= 11 is 0. The number of benzene rings is 1. The lowest BCUT2D eigenvalue weighted by Crippen LogP contribution is -2.36. The molecule has 1 aromatic rings. The highest BCUT2D eigenvalue weighted by Crippen LogP contribution is 2.28. The molecule has 0 N–H and O–H groups in total. The fourth-order valence-electron chi connectivity index (χ4n) is 2.39. The molecular formula is C14H20F5NOSi. The summed E-state index contributed by atoms with van der Waals surface area (Å²) in [6, 6.07) is 2.68. The Kier molecular flexibility index (Phi) is 6.80. The SMILES string of the molecule is CC[Si](CC)(CCCN(F)c1cc(F)c(F)c(F)c1F)OC. The van der Waals surface area contributed by atoms with Crippen LogP contribution in [-0.2, 0) is 4.43 Å². The minimum Gasteiger partial charge on any atom is -0.420 e. The van der Waals surface area contributed by atoms with E-state index in [-0.39, 0.29) is 11.7 Å². The molecule has 0 fully saturated rings. The molecule has 126 valence electrons. The van der Waals surface area contributed by atoms with Gasteiger partial charge < -0.3 is 4.43 Å². The van der Waals surface area contributed by atoms with Gasteiger partial charge in [-0.2, -0.15) is 0 Å². The molecule has 0 atom stereocenters. The van der Waals surface area contributed by atoms with E-state index >= 15 is 0 Å². The number of rotatable bonds is 8. The van der Waals surface area contributed by atoms with Gasteiger partial charge in [-0.15, -0.1) is 0 Å². The third-order valence-corrected chi connectivity index (χ3v) is 8.76. The van der Waals surface area contributed by atoms with Gasteiger partial charge >= 0.3 is 0 Å². The second-order valence-corrected chi connectivity index (χ2v) is 9.79. The molecule has 0 saturated heterocycles. The molecule has 0 amide bonds. The van der Waals surface area contributed by atoms with Crippen LogP contribution >= 0.6 is 0 Å². The Morgan fingerprint density at radius 3 is 2.14 bits per heavy atom. The van der Waals surface area contributed by atoms with Crippen molar-refractivity contribution < 1.29 is 26.5 Å². The maximum Gasteiger partial charge on any atom is 0.199 e. The maximum absolute atomic E-state index is 13.9. The van der Waals surface area contributed by atoms with Crippen molar-refractivity contribution >= 4 is 14.0 Å². The van der Waals surface area contributed by atoms with E-state index in [4.69, 9.17) is 4.43 Å². The second kappa shape index (κ2) is 7.91. The normalized spacial score (nSPS) is 11.8. The highest BCUT2D eigenvalue weighted by Gasteiger charge is 2.29. The first-order valence-corrected chi connectivity index (χ1v) is 9.66. The molecule has 0 aromatic heterocycles. The Hall–Kier alpha value is -1.15. The minimum absolute atomic E-state index is 0.0962. The second-order valence-electron chi connectivity index (χ2n) is 5.10. The molecule has 0 saturated carbocycles. The monoisotopic (exact) mass is 341 g/mol. The Balaban J connectivity index is 2.77. The third kappa shape index (κ3) is 3.98. The van der Waals surface area contributed by atoms with Gasteiger partial charge in [-0.1, -0.05) is 18.3 Å². The van der Waals surface area contributed by atoms with E-state index in [2.05, 4.69) is 0 Å². The average molecular weight is 341 g/mol. The van der Waals surface area contributed by atoms with Crippen LogP contribution < -0.4 is 5.12 Å². The lowest BCUT2D eigenvalue weighted by atomic mass is 10.2. The van der Waals surface area contributed by atoms with Crippen LogP contribution in [0.3, 0.4) is 0 Å². The topological polar surface area (TPSA) is 12.5 Å². The molecule has 0 unspecified atom stereocenters. The Morgan fingerprint density at radius 1 is 1.05 bits per heavy atom. The quantitative estimate of drug-likeness (QED) is 0.218. The average Bonchev–Trinajstić information content (AvgIpc) is 2.53. The Labute approximate surface area is 127 Å². The van der Waals surface area contributed by atoms with Gasteiger partial charge in [0.25, 0.3) is 0 Å². The molecule has 1 aromatic carbocycles. The van der Waals surface area contributed by atoms with Gasteiger partial charge in [0, 0.05) is 13.2 Å². The first kappa shape index (κ1) is 18.9. The van der Waals surface area contributed by atoms with Crippen molar-refractivity contribution in [2.45, 2.75) is 38.4 Å². The van der Waals surface area contributed by atoms with Gasteiger partial charge in [-0.3, -0.25) is 0 Å². The van der Waals surface area contributed by atoms with E-state index in [1.807, 2.05) is 13.8 Å². The standard InChI is InChI=1S/C14H20F5NOSi/c1-4-22(5-2,21-3)8-6-7-20(19)11-9-10(15)12(16)14(18)13(11)17/h9H,4-8H2,1-3H3. The highest BCUT2D eigenvalue weighted by molar-refractivity contribution is 6.73. The summed E-state index contributed by atoms with van der Waals surface area (Å²) in [6.07, 6.45) is 0.346. The van der Waals surface area contributed by atoms with Crippen molar-refractivity contribution in [1.29, 1.82) is 0 Å². The summed E-state index contributed by atoms with van der Waals surface area (Å²) in [5, 5.41) is -0.0962.